The number of aryl methyl sites for hydroxylation is 2. The fourth-order valence-corrected chi connectivity index (χ4v) is 4.06. The quantitative estimate of drug-likeness (QED) is 0.511. The first-order chi connectivity index (χ1) is 6.79. The maximum Gasteiger partial charge on any atom is 0.0523 e. The molecule has 70 valence electrons. The predicted octanol–water partition coefficient (Wildman–Crippen LogP) is 4.73. The normalized spacial score (nSPS) is 11.6. The summed E-state index contributed by atoms with van der Waals surface area (Å²) in [5.41, 5.74) is 2.87. The van der Waals surface area contributed by atoms with Crippen LogP contribution in [0.2, 0.25) is 0 Å². The van der Waals surface area contributed by atoms with Gasteiger partial charge in [-0.15, -0.1) is 22.7 Å². The van der Waals surface area contributed by atoms with Crippen molar-refractivity contribution in [3.05, 3.63) is 34.0 Å². The second kappa shape index (κ2) is 2.81. The van der Waals surface area contributed by atoms with Gasteiger partial charge in [-0.25, -0.2) is 0 Å². The molecule has 0 unspecified atom stereocenters. The Bertz CT molecular complexity index is 558. The van der Waals surface area contributed by atoms with Gasteiger partial charge in [0.15, 0.2) is 0 Å². The van der Waals surface area contributed by atoms with E-state index in [0.29, 0.717) is 0 Å². The number of hydrogen-bond acceptors (Lipinski definition) is 2. The molecule has 0 aliphatic carbocycles. The van der Waals surface area contributed by atoms with E-state index in [2.05, 4.69) is 36.7 Å². The van der Waals surface area contributed by atoms with Gasteiger partial charge in [0, 0.05) is 0 Å². The standard InChI is InChI=1S/C12H10S2/c1-7-8(2)10-4-6-14-12(10)11-9(7)3-5-13-11/h3-6H,1-2H3. The summed E-state index contributed by atoms with van der Waals surface area (Å²) in [6.45, 7) is 4.45. The van der Waals surface area contributed by atoms with Crippen molar-refractivity contribution in [2.45, 2.75) is 13.8 Å². The third-order valence-electron chi connectivity index (χ3n) is 2.91. The number of thiophene rings is 2. The van der Waals surface area contributed by atoms with Gasteiger partial charge in [0.2, 0.25) is 0 Å². The van der Waals surface area contributed by atoms with Crippen LogP contribution in [0.15, 0.2) is 22.9 Å². The van der Waals surface area contributed by atoms with Crippen molar-refractivity contribution < 1.29 is 0 Å². The first-order valence-corrected chi connectivity index (χ1v) is 6.38. The van der Waals surface area contributed by atoms with Crippen LogP contribution in [0.5, 0.6) is 0 Å². The first-order valence-electron chi connectivity index (χ1n) is 4.62. The molecule has 0 amide bonds. The summed E-state index contributed by atoms with van der Waals surface area (Å²) in [6.07, 6.45) is 0. The van der Waals surface area contributed by atoms with Crippen LogP contribution in [0.1, 0.15) is 11.1 Å². The topological polar surface area (TPSA) is 0 Å². The van der Waals surface area contributed by atoms with Crippen LogP contribution in [-0.4, -0.2) is 0 Å². The lowest BCUT2D eigenvalue weighted by Crippen LogP contribution is -1.81. The molecule has 0 N–H and O–H groups in total. The van der Waals surface area contributed by atoms with Crippen molar-refractivity contribution in [1.29, 1.82) is 0 Å². The van der Waals surface area contributed by atoms with Gasteiger partial charge < -0.3 is 0 Å². The van der Waals surface area contributed by atoms with Crippen LogP contribution in [0.25, 0.3) is 20.2 Å². The highest BCUT2D eigenvalue weighted by Gasteiger charge is 2.09. The van der Waals surface area contributed by atoms with Crippen LogP contribution in [0, 0.1) is 13.8 Å². The minimum absolute atomic E-state index is 1.43. The molecule has 3 rings (SSSR count). The smallest absolute Gasteiger partial charge is 0.0523 e. The molecular formula is C12H10S2. The highest BCUT2D eigenvalue weighted by atomic mass is 32.1. The van der Waals surface area contributed by atoms with Crippen LogP contribution in [0.4, 0.5) is 0 Å². The van der Waals surface area contributed by atoms with Gasteiger partial charge in [-0.05, 0) is 58.6 Å². The van der Waals surface area contributed by atoms with Gasteiger partial charge in [-0.3, -0.25) is 0 Å². The Morgan fingerprint density at radius 3 is 1.64 bits per heavy atom. The van der Waals surface area contributed by atoms with E-state index in [9.17, 15) is 0 Å². The summed E-state index contributed by atoms with van der Waals surface area (Å²) in [5, 5.41) is 7.25. The highest BCUT2D eigenvalue weighted by Crippen LogP contribution is 2.38. The van der Waals surface area contributed by atoms with E-state index in [4.69, 9.17) is 0 Å². The predicted molar refractivity (Wildman–Crippen MR) is 66.7 cm³/mol. The first kappa shape index (κ1) is 8.45. The third kappa shape index (κ3) is 0.928. The van der Waals surface area contributed by atoms with Gasteiger partial charge in [-0.2, -0.15) is 0 Å². The lowest BCUT2D eigenvalue weighted by molar-refractivity contribution is 1.43. The van der Waals surface area contributed by atoms with E-state index in [1.807, 2.05) is 22.7 Å². The number of hydrogen-bond donors (Lipinski definition) is 0. The fraction of sp³-hybridized carbons (Fsp3) is 0.167. The molecule has 1 aromatic carbocycles. The lowest BCUT2D eigenvalue weighted by Gasteiger charge is -2.04. The summed E-state index contributed by atoms with van der Waals surface area (Å²) in [7, 11) is 0. The molecule has 0 bridgehead atoms. The molecule has 2 aromatic heterocycles. The molecule has 0 aliphatic rings. The van der Waals surface area contributed by atoms with Gasteiger partial charge in [0.1, 0.15) is 0 Å². The number of fused-ring (bicyclic) bond motifs is 3. The second-order valence-electron chi connectivity index (χ2n) is 3.58. The zero-order chi connectivity index (χ0) is 9.71. The molecule has 0 aliphatic heterocycles. The SMILES string of the molecule is Cc1c(C)c2ccsc2c2sccc12. The van der Waals surface area contributed by atoms with E-state index >= 15 is 0 Å². The molecule has 3 aromatic rings. The summed E-state index contributed by atoms with van der Waals surface area (Å²) in [6, 6.07) is 4.48. The lowest BCUT2D eigenvalue weighted by atomic mass is 10.0. The Hall–Kier alpha value is -0.860. The van der Waals surface area contributed by atoms with Crippen molar-refractivity contribution in [3.8, 4) is 0 Å². The van der Waals surface area contributed by atoms with Crippen LogP contribution >= 0.6 is 22.7 Å². The maximum absolute atomic E-state index is 2.24. The van der Waals surface area contributed by atoms with Gasteiger partial charge in [0.25, 0.3) is 0 Å². The van der Waals surface area contributed by atoms with Crippen molar-refractivity contribution in [2.75, 3.05) is 0 Å². The Balaban J connectivity index is 2.73. The molecule has 0 radical (unpaired) electrons. The van der Waals surface area contributed by atoms with E-state index in [-0.39, 0.29) is 0 Å². The van der Waals surface area contributed by atoms with Crippen molar-refractivity contribution in [1.82, 2.24) is 0 Å². The van der Waals surface area contributed by atoms with Crippen molar-refractivity contribution in [3.63, 3.8) is 0 Å². The summed E-state index contributed by atoms with van der Waals surface area (Å²) >= 11 is 3.71. The van der Waals surface area contributed by atoms with Crippen molar-refractivity contribution >= 4 is 42.8 Å². The minimum Gasteiger partial charge on any atom is -0.142 e. The molecule has 14 heavy (non-hydrogen) atoms. The molecule has 0 nitrogen and oxygen atoms in total. The summed E-state index contributed by atoms with van der Waals surface area (Å²) < 4.78 is 2.91. The monoisotopic (exact) mass is 218 g/mol. The zero-order valence-corrected chi connectivity index (χ0v) is 9.76. The van der Waals surface area contributed by atoms with E-state index in [1.54, 1.807) is 0 Å². The maximum atomic E-state index is 2.24. The highest BCUT2D eigenvalue weighted by molar-refractivity contribution is 7.25. The average molecular weight is 218 g/mol. The third-order valence-corrected chi connectivity index (χ3v) is 4.90. The second-order valence-corrected chi connectivity index (χ2v) is 5.41. The zero-order valence-electron chi connectivity index (χ0n) is 8.13. The molecule has 2 heteroatoms. The van der Waals surface area contributed by atoms with E-state index < -0.39 is 0 Å². The Morgan fingerprint density at radius 2 is 1.21 bits per heavy atom. The van der Waals surface area contributed by atoms with Crippen LogP contribution in [-0.2, 0) is 0 Å². The van der Waals surface area contributed by atoms with Gasteiger partial charge >= 0.3 is 0 Å². The van der Waals surface area contributed by atoms with Crippen LogP contribution < -0.4 is 0 Å². The van der Waals surface area contributed by atoms with Gasteiger partial charge in [-0.1, -0.05) is 0 Å². The summed E-state index contributed by atoms with van der Waals surface area (Å²) in [4.78, 5) is 0. The summed E-state index contributed by atoms with van der Waals surface area (Å²) in [5.74, 6) is 0. The van der Waals surface area contributed by atoms with Gasteiger partial charge in [0.05, 0.1) is 9.40 Å². The number of rotatable bonds is 0. The molecule has 0 saturated carbocycles. The molecule has 0 atom stereocenters. The molecular weight excluding hydrogens is 208 g/mol. The fourth-order valence-electron chi connectivity index (χ4n) is 1.96. The average Bonchev–Trinajstić information content (AvgIpc) is 2.80. The minimum atomic E-state index is 1.43. The largest absolute Gasteiger partial charge is 0.142 e. The Kier molecular flexibility index (Phi) is 1.70. The number of benzene rings is 1. The van der Waals surface area contributed by atoms with E-state index in [1.165, 1.54) is 31.3 Å². The Labute approximate surface area is 90.8 Å². The molecule has 2 heterocycles. The van der Waals surface area contributed by atoms with Crippen LogP contribution in [0.3, 0.4) is 0 Å². The molecule has 0 fully saturated rings. The van der Waals surface area contributed by atoms with Crippen molar-refractivity contribution in [2.24, 2.45) is 0 Å². The molecule has 0 saturated heterocycles. The van der Waals surface area contributed by atoms with E-state index in [0.717, 1.165) is 0 Å². The molecule has 0 spiro atoms. The Morgan fingerprint density at radius 1 is 0.786 bits per heavy atom.